The molecule has 2 atom stereocenters. The summed E-state index contributed by atoms with van der Waals surface area (Å²) in [4.78, 5) is 24.1. The molecule has 1 aromatic carbocycles. The second-order valence-corrected chi connectivity index (χ2v) is 5.97. The number of likely N-dealkylation sites (tertiary alicyclic amines) is 1. The van der Waals surface area contributed by atoms with Crippen molar-refractivity contribution in [3.8, 4) is 0 Å². The monoisotopic (exact) mass is 343 g/mol. The molecule has 126 valence electrons. The first-order chi connectivity index (χ1) is 10.6. The molecule has 1 aromatic rings. The molecule has 2 heterocycles. The van der Waals surface area contributed by atoms with Crippen molar-refractivity contribution in [2.24, 2.45) is 11.8 Å². The quantitative estimate of drug-likeness (QED) is 0.660. The van der Waals surface area contributed by atoms with Crippen LogP contribution in [0.15, 0.2) is 18.2 Å². The Hall–Kier alpha value is -1.73. The topological polar surface area (TPSA) is 75.5 Å². The highest BCUT2D eigenvalue weighted by molar-refractivity contribution is 5.94. The second kappa shape index (κ2) is 7.23. The average molecular weight is 344 g/mol. The second-order valence-electron chi connectivity index (χ2n) is 5.97. The van der Waals surface area contributed by atoms with E-state index >= 15 is 0 Å². The Morgan fingerprint density at radius 1 is 1.26 bits per heavy atom. The number of nitro groups is 1. The number of fused-ring (bicyclic) bond motifs is 1. The molecule has 2 aliphatic heterocycles. The summed E-state index contributed by atoms with van der Waals surface area (Å²) in [6, 6.07) is 3.19. The van der Waals surface area contributed by atoms with Crippen LogP contribution in [0, 0.1) is 27.8 Å². The van der Waals surface area contributed by atoms with Gasteiger partial charge >= 0.3 is 0 Å². The first-order valence-electron chi connectivity index (χ1n) is 7.50. The van der Waals surface area contributed by atoms with Crippen molar-refractivity contribution in [2.75, 3.05) is 26.2 Å². The van der Waals surface area contributed by atoms with Gasteiger partial charge in [-0.3, -0.25) is 14.9 Å². The SMILES string of the molecule is Cl.O=C(c1ccc([N+](=O)[O-])cc1F)N1CC[C@@H]2CNC[C@@H]2CC1. The van der Waals surface area contributed by atoms with Crippen molar-refractivity contribution in [1.82, 2.24) is 10.2 Å². The lowest BCUT2D eigenvalue weighted by atomic mass is 9.92. The van der Waals surface area contributed by atoms with Gasteiger partial charge in [0.05, 0.1) is 16.6 Å². The Labute approximate surface area is 139 Å². The third-order valence-corrected chi connectivity index (χ3v) is 4.70. The summed E-state index contributed by atoms with van der Waals surface area (Å²) in [5.74, 6) is -0.0374. The summed E-state index contributed by atoms with van der Waals surface area (Å²) < 4.78 is 14.0. The molecule has 0 aliphatic carbocycles. The van der Waals surface area contributed by atoms with E-state index in [9.17, 15) is 19.3 Å². The molecule has 3 rings (SSSR count). The lowest BCUT2D eigenvalue weighted by Crippen LogP contribution is -2.33. The molecule has 0 saturated carbocycles. The molecular weight excluding hydrogens is 325 g/mol. The van der Waals surface area contributed by atoms with Gasteiger partial charge in [0.2, 0.25) is 0 Å². The van der Waals surface area contributed by atoms with E-state index in [-0.39, 0.29) is 29.6 Å². The lowest BCUT2D eigenvalue weighted by molar-refractivity contribution is -0.385. The van der Waals surface area contributed by atoms with E-state index in [0.29, 0.717) is 24.9 Å². The molecule has 2 fully saturated rings. The van der Waals surface area contributed by atoms with Gasteiger partial charge in [-0.25, -0.2) is 4.39 Å². The molecule has 2 aliphatic rings. The predicted molar refractivity (Wildman–Crippen MR) is 85.3 cm³/mol. The molecule has 8 heteroatoms. The standard InChI is InChI=1S/C15H18FN3O3.ClH/c16-14-7-12(19(21)22)1-2-13(14)15(20)18-5-3-10-8-17-9-11(10)4-6-18;/h1-2,7,10-11,17H,3-6,8-9H2;1H/t10-,11+;. The van der Waals surface area contributed by atoms with E-state index < -0.39 is 10.7 Å². The fourth-order valence-electron chi connectivity index (χ4n) is 3.38. The van der Waals surface area contributed by atoms with Gasteiger partial charge in [0.15, 0.2) is 0 Å². The van der Waals surface area contributed by atoms with Gasteiger partial charge in [0, 0.05) is 19.2 Å². The normalized spacial score (nSPS) is 23.6. The minimum atomic E-state index is -0.828. The van der Waals surface area contributed by atoms with Crippen LogP contribution in [0.5, 0.6) is 0 Å². The molecule has 2 saturated heterocycles. The van der Waals surface area contributed by atoms with Crippen molar-refractivity contribution >= 4 is 24.0 Å². The third-order valence-electron chi connectivity index (χ3n) is 4.70. The van der Waals surface area contributed by atoms with Crippen molar-refractivity contribution in [3.05, 3.63) is 39.7 Å². The molecule has 0 bridgehead atoms. The lowest BCUT2D eigenvalue weighted by Gasteiger charge is -2.21. The zero-order valence-electron chi connectivity index (χ0n) is 12.5. The van der Waals surface area contributed by atoms with E-state index in [2.05, 4.69) is 5.32 Å². The maximum Gasteiger partial charge on any atom is 0.272 e. The number of carbonyl (C=O) groups excluding carboxylic acids is 1. The van der Waals surface area contributed by atoms with Crippen molar-refractivity contribution < 1.29 is 14.1 Å². The van der Waals surface area contributed by atoms with Crippen molar-refractivity contribution in [2.45, 2.75) is 12.8 Å². The van der Waals surface area contributed by atoms with Crippen LogP contribution in [0.4, 0.5) is 10.1 Å². The fraction of sp³-hybridized carbons (Fsp3) is 0.533. The molecule has 0 unspecified atom stereocenters. The Morgan fingerprint density at radius 2 is 1.87 bits per heavy atom. The van der Waals surface area contributed by atoms with Gasteiger partial charge in [0.1, 0.15) is 5.82 Å². The van der Waals surface area contributed by atoms with Gasteiger partial charge < -0.3 is 10.2 Å². The number of benzene rings is 1. The van der Waals surface area contributed by atoms with Gasteiger partial charge in [-0.1, -0.05) is 0 Å². The zero-order chi connectivity index (χ0) is 15.7. The van der Waals surface area contributed by atoms with E-state index in [4.69, 9.17) is 0 Å². The predicted octanol–water partition coefficient (Wildman–Crippen LogP) is 2.23. The van der Waals surface area contributed by atoms with Crippen molar-refractivity contribution in [3.63, 3.8) is 0 Å². The fourth-order valence-corrected chi connectivity index (χ4v) is 3.38. The van der Waals surface area contributed by atoms with Gasteiger partial charge in [-0.2, -0.15) is 0 Å². The molecule has 0 radical (unpaired) electrons. The van der Waals surface area contributed by atoms with Crippen molar-refractivity contribution in [1.29, 1.82) is 0 Å². The number of nitro benzene ring substituents is 1. The minimum absolute atomic E-state index is 0. The van der Waals surface area contributed by atoms with Crippen LogP contribution in [0.25, 0.3) is 0 Å². The highest BCUT2D eigenvalue weighted by Gasteiger charge is 2.32. The van der Waals surface area contributed by atoms with E-state index in [0.717, 1.165) is 32.0 Å². The minimum Gasteiger partial charge on any atom is -0.339 e. The number of nitrogens with one attached hydrogen (secondary N) is 1. The summed E-state index contributed by atoms with van der Waals surface area (Å²) in [5.41, 5.74) is -0.429. The molecular formula is C15H19ClFN3O3. The van der Waals surface area contributed by atoms with Crippen LogP contribution >= 0.6 is 12.4 Å². The van der Waals surface area contributed by atoms with Crippen LogP contribution in [-0.2, 0) is 0 Å². The Morgan fingerprint density at radius 3 is 2.39 bits per heavy atom. The molecule has 23 heavy (non-hydrogen) atoms. The number of carbonyl (C=O) groups is 1. The molecule has 1 amide bonds. The summed E-state index contributed by atoms with van der Waals surface area (Å²) in [7, 11) is 0. The average Bonchev–Trinajstić information content (AvgIpc) is 2.85. The van der Waals surface area contributed by atoms with E-state index in [1.165, 1.54) is 12.1 Å². The van der Waals surface area contributed by atoms with Crippen LogP contribution in [-0.4, -0.2) is 41.9 Å². The maximum atomic E-state index is 14.0. The molecule has 0 aromatic heterocycles. The number of rotatable bonds is 2. The number of hydrogen-bond donors (Lipinski definition) is 1. The number of amides is 1. The number of non-ortho nitro benzene ring substituents is 1. The van der Waals surface area contributed by atoms with Gasteiger partial charge in [-0.15, -0.1) is 12.4 Å². The van der Waals surface area contributed by atoms with Crippen LogP contribution in [0.1, 0.15) is 23.2 Å². The van der Waals surface area contributed by atoms with Crippen LogP contribution in [0.3, 0.4) is 0 Å². The number of halogens is 2. The summed E-state index contributed by atoms with van der Waals surface area (Å²) in [6.45, 7) is 3.19. The highest BCUT2D eigenvalue weighted by Crippen LogP contribution is 2.28. The Kier molecular flexibility index (Phi) is 5.54. The third kappa shape index (κ3) is 3.61. The van der Waals surface area contributed by atoms with Gasteiger partial charge in [-0.05, 0) is 43.8 Å². The largest absolute Gasteiger partial charge is 0.339 e. The first-order valence-corrected chi connectivity index (χ1v) is 7.50. The van der Waals surface area contributed by atoms with E-state index in [1.807, 2.05) is 0 Å². The Bertz CT molecular complexity index is 600. The Balaban J connectivity index is 0.00000192. The summed E-state index contributed by atoms with van der Waals surface area (Å²) in [6.07, 6.45) is 1.83. The molecule has 0 spiro atoms. The van der Waals surface area contributed by atoms with Crippen LogP contribution < -0.4 is 5.32 Å². The van der Waals surface area contributed by atoms with E-state index in [1.54, 1.807) is 4.90 Å². The molecule has 6 nitrogen and oxygen atoms in total. The van der Waals surface area contributed by atoms with Crippen LogP contribution in [0.2, 0.25) is 0 Å². The molecule has 1 N–H and O–H groups in total. The number of hydrogen-bond acceptors (Lipinski definition) is 4. The zero-order valence-corrected chi connectivity index (χ0v) is 13.4. The summed E-state index contributed by atoms with van der Waals surface area (Å²) >= 11 is 0. The maximum absolute atomic E-state index is 14.0. The first kappa shape index (κ1) is 17.6. The van der Waals surface area contributed by atoms with Gasteiger partial charge in [0.25, 0.3) is 11.6 Å². The summed E-state index contributed by atoms with van der Waals surface area (Å²) in [5, 5.41) is 14.0. The number of nitrogens with zero attached hydrogens (tertiary/aromatic N) is 2. The highest BCUT2D eigenvalue weighted by atomic mass is 35.5. The smallest absolute Gasteiger partial charge is 0.272 e.